The first-order valence-electron chi connectivity index (χ1n) is 6.01. The van der Waals surface area contributed by atoms with Gasteiger partial charge in [-0.05, 0) is 23.8 Å². The first-order valence-corrected chi connectivity index (χ1v) is 7.83. The first-order chi connectivity index (χ1) is 9.96. The van der Waals surface area contributed by atoms with Crippen LogP contribution in [0.5, 0.6) is 0 Å². The Balaban J connectivity index is 2.36. The summed E-state index contributed by atoms with van der Waals surface area (Å²) >= 11 is 6.04. The van der Waals surface area contributed by atoms with Gasteiger partial charge in [-0.15, -0.1) is 0 Å². The van der Waals surface area contributed by atoms with E-state index in [0.29, 0.717) is 10.6 Å². The van der Waals surface area contributed by atoms with Crippen LogP contribution in [0.15, 0.2) is 47.5 Å². The van der Waals surface area contributed by atoms with E-state index in [1.165, 1.54) is 25.4 Å². The molecule has 0 saturated carbocycles. The Hall–Kier alpha value is -1.94. The van der Waals surface area contributed by atoms with E-state index in [4.69, 9.17) is 16.9 Å². The molecule has 1 aromatic carbocycles. The summed E-state index contributed by atoms with van der Waals surface area (Å²) in [7, 11) is -2.37. The molecule has 0 saturated heterocycles. The third kappa shape index (κ3) is 3.22. The molecule has 0 unspecified atom stereocenters. The van der Waals surface area contributed by atoms with E-state index in [1.54, 1.807) is 30.3 Å². The van der Waals surface area contributed by atoms with Crippen LogP contribution in [0, 0.1) is 11.3 Å². The standard InChI is InChI=1S/C14H12ClN3O2S/c1-18(10-11-5-2-3-6-12(11)15)21(19,20)14-7-4-8-17-13(14)9-16/h2-8H,10H2,1H3. The predicted molar refractivity (Wildman–Crippen MR) is 79.1 cm³/mol. The number of hydrogen-bond donors (Lipinski definition) is 0. The quantitative estimate of drug-likeness (QED) is 0.866. The smallest absolute Gasteiger partial charge is 0.244 e. The lowest BCUT2D eigenvalue weighted by Crippen LogP contribution is -2.27. The Morgan fingerprint density at radius 2 is 2.00 bits per heavy atom. The second kappa shape index (κ2) is 6.22. The minimum atomic E-state index is -3.81. The van der Waals surface area contributed by atoms with Crippen molar-refractivity contribution in [3.63, 3.8) is 0 Å². The molecule has 0 aliphatic carbocycles. The third-order valence-corrected chi connectivity index (χ3v) is 5.12. The Kier molecular flexibility index (Phi) is 4.58. The second-order valence-electron chi connectivity index (χ2n) is 4.31. The largest absolute Gasteiger partial charge is 0.246 e. The first kappa shape index (κ1) is 15.4. The molecule has 0 atom stereocenters. The number of benzene rings is 1. The highest BCUT2D eigenvalue weighted by molar-refractivity contribution is 7.89. The normalized spacial score (nSPS) is 11.3. The van der Waals surface area contributed by atoms with Crippen molar-refractivity contribution in [3.05, 3.63) is 58.9 Å². The lowest BCUT2D eigenvalue weighted by atomic mass is 10.2. The molecular weight excluding hydrogens is 310 g/mol. The molecule has 1 heterocycles. The van der Waals surface area contributed by atoms with Crippen molar-refractivity contribution in [2.24, 2.45) is 0 Å². The fraction of sp³-hybridized carbons (Fsp3) is 0.143. The minimum Gasteiger partial charge on any atom is -0.244 e. The van der Waals surface area contributed by atoms with Crippen molar-refractivity contribution < 1.29 is 8.42 Å². The summed E-state index contributed by atoms with van der Waals surface area (Å²) in [5.74, 6) is 0. The summed E-state index contributed by atoms with van der Waals surface area (Å²) in [5, 5.41) is 9.47. The van der Waals surface area contributed by atoms with E-state index < -0.39 is 10.0 Å². The van der Waals surface area contributed by atoms with Crippen LogP contribution in [-0.2, 0) is 16.6 Å². The molecule has 21 heavy (non-hydrogen) atoms. The zero-order chi connectivity index (χ0) is 15.5. The van der Waals surface area contributed by atoms with Crippen molar-refractivity contribution in [2.45, 2.75) is 11.4 Å². The lowest BCUT2D eigenvalue weighted by Gasteiger charge is -2.18. The molecule has 0 aliphatic heterocycles. The Morgan fingerprint density at radius 3 is 2.67 bits per heavy atom. The Morgan fingerprint density at radius 1 is 1.29 bits per heavy atom. The molecule has 7 heteroatoms. The van der Waals surface area contributed by atoms with Gasteiger partial charge in [0.25, 0.3) is 0 Å². The van der Waals surface area contributed by atoms with Gasteiger partial charge in [0.05, 0.1) is 0 Å². The van der Waals surface area contributed by atoms with E-state index in [-0.39, 0.29) is 17.1 Å². The Bertz CT molecular complexity index is 800. The summed E-state index contributed by atoms with van der Waals surface area (Å²) in [6.07, 6.45) is 1.38. The zero-order valence-electron chi connectivity index (χ0n) is 11.2. The highest BCUT2D eigenvalue weighted by Crippen LogP contribution is 2.22. The summed E-state index contributed by atoms with van der Waals surface area (Å²) < 4.78 is 26.2. The van der Waals surface area contributed by atoms with Gasteiger partial charge in [-0.25, -0.2) is 13.4 Å². The molecule has 5 nitrogen and oxygen atoms in total. The maximum Gasteiger partial charge on any atom is 0.246 e. The van der Waals surface area contributed by atoms with Gasteiger partial charge in [0.15, 0.2) is 5.69 Å². The summed E-state index contributed by atoms with van der Waals surface area (Å²) in [5.41, 5.74) is 0.566. The number of halogens is 1. The van der Waals surface area contributed by atoms with Gasteiger partial charge in [0, 0.05) is 24.8 Å². The van der Waals surface area contributed by atoms with Crippen LogP contribution in [0.25, 0.3) is 0 Å². The molecule has 2 rings (SSSR count). The SMILES string of the molecule is CN(Cc1ccccc1Cl)S(=O)(=O)c1cccnc1C#N. The number of aromatic nitrogens is 1. The Labute approximate surface area is 128 Å². The van der Waals surface area contributed by atoms with Crippen molar-refractivity contribution in [2.75, 3.05) is 7.05 Å². The fourth-order valence-electron chi connectivity index (χ4n) is 1.80. The minimum absolute atomic E-state index is 0.109. The number of rotatable bonds is 4. The van der Waals surface area contributed by atoms with Gasteiger partial charge in [0.1, 0.15) is 11.0 Å². The van der Waals surface area contributed by atoms with E-state index >= 15 is 0 Å². The van der Waals surface area contributed by atoms with Crippen LogP contribution < -0.4 is 0 Å². The molecule has 1 aromatic heterocycles. The maximum absolute atomic E-state index is 12.5. The van der Waals surface area contributed by atoms with Crippen molar-refractivity contribution in [3.8, 4) is 6.07 Å². The van der Waals surface area contributed by atoms with Gasteiger partial charge in [-0.2, -0.15) is 9.57 Å². The average molecular weight is 322 g/mol. The monoisotopic (exact) mass is 321 g/mol. The zero-order valence-corrected chi connectivity index (χ0v) is 12.8. The molecule has 0 fully saturated rings. The maximum atomic E-state index is 12.5. The van der Waals surface area contributed by atoms with Crippen molar-refractivity contribution >= 4 is 21.6 Å². The van der Waals surface area contributed by atoms with Gasteiger partial charge < -0.3 is 0 Å². The van der Waals surface area contributed by atoms with E-state index in [0.717, 1.165) is 4.31 Å². The number of nitrogens with zero attached hydrogens (tertiary/aromatic N) is 3. The third-order valence-electron chi connectivity index (χ3n) is 2.92. The van der Waals surface area contributed by atoms with Crippen molar-refractivity contribution in [1.82, 2.24) is 9.29 Å². The van der Waals surface area contributed by atoms with Gasteiger partial charge in [-0.1, -0.05) is 29.8 Å². The molecule has 2 aromatic rings. The second-order valence-corrected chi connectivity index (χ2v) is 6.73. The van der Waals surface area contributed by atoms with Gasteiger partial charge >= 0.3 is 0 Å². The molecule has 0 radical (unpaired) electrons. The molecule has 0 aliphatic rings. The molecule has 0 amide bonds. The summed E-state index contributed by atoms with van der Waals surface area (Å²) in [4.78, 5) is 3.67. The summed E-state index contributed by atoms with van der Waals surface area (Å²) in [6.45, 7) is 0.113. The molecule has 0 bridgehead atoms. The topological polar surface area (TPSA) is 74.1 Å². The number of nitriles is 1. The van der Waals surface area contributed by atoms with E-state index in [1.807, 2.05) is 0 Å². The number of hydrogen-bond acceptors (Lipinski definition) is 4. The van der Waals surface area contributed by atoms with Crippen molar-refractivity contribution in [1.29, 1.82) is 5.26 Å². The van der Waals surface area contributed by atoms with E-state index in [2.05, 4.69) is 4.98 Å². The number of sulfonamides is 1. The van der Waals surface area contributed by atoms with Gasteiger partial charge in [-0.3, -0.25) is 0 Å². The van der Waals surface area contributed by atoms with Crippen LogP contribution in [-0.4, -0.2) is 24.8 Å². The molecule has 0 spiro atoms. The fourth-order valence-corrected chi connectivity index (χ4v) is 3.24. The van der Waals surface area contributed by atoms with Gasteiger partial charge in [0.2, 0.25) is 10.0 Å². The van der Waals surface area contributed by atoms with E-state index in [9.17, 15) is 8.42 Å². The molecule has 108 valence electrons. The predicted octanol–water partition coefficient (Wildman–Crippen LogP) is 2.43. The lowest BCUT2D eigenvalue weighted by molar-refractivity contribution is 0.466. The highest BCUT2D eigenvalue weighted by atomic mass is 35.5. The average Bonchev–Trinajstić information content (AvgIpc) is 2.49. The molecular formula is C14H12ClN3O2S. The van der Waals surface area contributed by atoms with Crippen LogP contribution in [0.4, 0.5) is 0 Å². The molecule has 0 N–H and O–H groups in total. The number of pyridine rings is 1. The van der Waals surface area contributed by atoms with Crippen LogP contribution in [0.3, 0.4) is 0 Å². The summed E-state index contributed by atoms with van der Waals surface area (Å²) in [6, 6.07) is 11.6. The van der Waals surface area contributed by atoms with Crippen LogP contribution in [0.1, 0.15) is 11.3 Å². The highest BCUT2D eigenvalue weighted by Gasteiger charge is 2.25. The van der Waals surface area contributed by atoms with Crippen LogP contribution >= 0.6 is 11.6 Å². The van der Waals surface area contributed by atoms with Crippen LogP contribution in [0.2, 0.25) is 5.02 Å².